The first-order chi connectivity index (χ1) is 9.39. The van der Waals surface area contributed by atoms with E-state index in [2.05, 4.69) is 4.98 Å². The van der Waals surface area contributed by atoms with Crippen LogP contribution in [0.4, 0.5) is 13.2 Å². The van der Waals surface area contributed by atoms with Crippen LogP contribution in [0.1, 0.15) is 11.3 Å². The molecule has 6 heteroatoms. The van der Waals surface area contributed by atoms with Crippen LogP contribution < -0.4 is 0 Å². The molecule has 2 aromatic rings. The highest BCUT2D eigenvalue weighted by atomic mass is 19.4. The lowest BCUT2D eigenvalue weighted by Gasteiger charge is -2.15. The third-order valence-corrected chi connectivity index (χ3v) is 2.72. The summed E-state index contributed by atoms with van der Waals surface area (Å²) in [7, 11) is 0. The molecule has 0 bridgehead atoms. The Morgan fingerprint density at radius 2 is 1.80 bits per heavy atom. The molecule has 0 saturated carbocycles. The minimum absolute atomic E-state index is 0.0986. The Labute approximate surface area is 112 Å². The van der Waals surface area contributed by atoms with Crippen LogP contribution in [0.5, 0.6) is 0 Å². The van der Waals surface area contributed by atoms with E-state index in [1.165, 1.54) is 12.1 Å². The van der Waals surface area contributed by atoms with E-state index in [0.717, 1.165) is 12.3 Å². The SMILES string of the molecule is O=C(O)Cc1nccc(C(F)(F)F)c1-c1ccccc1. The first-order valence-corrected chi connectivity index (χ1v) is 5.72. The Morgan fingerprint density at radius 3 is 2.35 bits per heavy atom. The topological polar surface area (TPSA) is 50.2 Å². The highest BCUT2D eigenvalue weighted by molar-refractivity contribution is 5.77. The molecule has 1 aromatic heterocycles. The van der Waals surface area contributed by atoms with Crippen molar-refractivity contribution in [3.63, 3.8) is 0 Å². The van der Waals surface area contributed by atoms with Crippen LogP contribution in [-0.2, 0) is 17.4 Å². The van der Waals surface area contributed by atoms with E-state index < -0.39 is 24.1 Å². The summed E-state index contributed by atoms with van der Waals surface area (Å²) in [6.45, 7) is 0. The summed E-state index contributed by atoms with van der Waals surface area (Å²) in [5.41, 5.74) is -0.861. The summed E-state index contributed by atoms with van der Waals surface area (Å²) in [6, 6.07) is 8.70. The first-order valence-electron chi connectivity index (χ1n) is 5.72. The van der Waals surface area contributed by atoms with Gasteiger partial charge < -0.3 is 5.11 Å². The van der Waals surface area contributed by atoms with Crippen LogP contribution >= 0.6 is 0 Å². The number of nitrogens with zero attached hydrogens (tertiary/aromatic N) is 1. The van der Waals surface area contributed by atoms with Gasteiger partial charge in [-0.1, -0.05) is 30.3 Å². The molecule has 0 fully saturated rings. The second-order valence-corrected chi connectivity index (χ2v) is 4.11. The van der Waals surface area contributed by atoms with Gasteiger partial charge >= 0.3 is 12.1 Å². The molecule has 0 radical (unpaired) electrons. The number of aliphatic carboxylic acids is 1. The summed E-state index contributed by atoms with van der Waals surface area (Å²) in [6.07, 6.45) is -4.15. The number of hydrogen-bond acceptors (Lipinski definition) is 2. The molecule has 20 heavy (non-hydrogen) atoms. The van der Waals surface area contributed by atoms with Gasteiger partial charge in [0, 0.05) is 11.8 Å². The molecule has 1 N–H and O–H groups in total. The Balaban J connectivity index is 2.69. The smallest absolute Gasteiger partial charge is 0.417 e. The van der Waals surface area contributed by atoms with Gasteiger partial charge in [-0.3, -0.25) is 9.78 Å². The molecule has 0 atom stereocenters. The monoisotopic (exact) mass is 281 g/mol. The van der Waals surface area contributed by atoms with E-state index in [9.17, 15) is 18.0 Å². The maximum absolute atomic E-state index is 13.1. The number of rotatable bonds is 3. The Kier molecular flexibility index (Phi) is 3.74. The predicted octanol–water partition coefficient (Wildman–Crippen LogP) is 3.39. The van der Waals surface area contributed by atoms with Gasteiger partial charge in [-0.2, -0.15) is 13.2 Å². The van der Waals surface area contributed by atoms with Crippen LogP contribution in [0.3, 0.4) is 0 Å². The lowest BCUT2D eigenvalue weighted by Crippen LogP contribution is -2.12. The summed E-state index contributed by atoms with van der Waals surface area (Å²) in [4.78, 5) is 14.6. The van der Waals surface area contributed by atoms with Gasteiger partial charge in [0.15, 0.2) is 0 Å². The number of halogens is 3. The molecule has 0 unspecified atom stereocenters. The van der Waals surface area contributed by atoms with Crippen molar-refractivity contribution in [3.05, 3.63) is 53.9 Å². The van der Waals surface area contributed by atoms with Gasteiger partial charge in [0.05, 0.1) is 17.7 Å². The molecule has 3 nitrogen and oxygen atoms in total. The summed E-state index contributed by atoms with van der Waals surface area (Å²) in [5, 5.41) is 8.81. The van der Waals surface area contributed by atoms with Crippen LogP contribution in [-0.4, -0.2) is 16.1 Å². The summed E-state index contributed by atoms with van der Waals surface area (Å²) < 4.78 is 39.2. The van der Waals surface area contributed by atoms with Gasteiger partial charge in [0.2, 0.25) is 0 Å². The zero-order valence-electron chi connectivity index (χ0n) is 10.2. The van der Waals surface area contributed by atoms with Crippen molar-refractivity contribution in [1.82, 2.24) is 4.98 Å². The third kappa shape index (κ3) is 2.96. The average molecular weight is 281 g/mol. The highest BCUT2D eigenvalue weighted by Gasteiger charge is 2.35. The van der Waals surface area contributed by atoms with Gasteiger partial charge in [0.1, 0.15) is 0 Å². The van der Waals surface area contributed by atoms with E-state index in [-0.39, 0.29) is 11.3 Å². The second-order valence-electron chi connectivity index (χ2n) is 4.11. The standard InChI is InChI=1S/C14H10F3NO2/c15-14(16,17)10-6-7-18-11(8-12(19)20)13(10)9-4-2-1-3-5-9/h1-7H,8H2,(H,19,20). The van der Waals surface area contributed by atoms with Crippen molar-refractivity contribution >= 4 is 5.97 Å². The molecule has 1 heterocycles. The maximum Gasteiger partial charge on any atom is 0.417 e. The van der Waals surface area contributed by atoms with Crippen LogP contribution in [0.15, 0.2) is 42.6 Å². The fourth-order valence-corrected chi connectivity index (χ4v) is 1.95. The molecular weight excluding hydrogens is 271 g/mol. The van der Waals surface area contributed by atoms with Crippen LogP contribution in [0.25, 0.3) is 11.1 Å². The van der Waals surface area contributed by atoms with Crippen molar-refractivity contribution in [2.24, 2.45) is 0 Å². The minimum Gasteiger partial charge on any atom is -0.481 e. The molecule has 0 saturated heterocycles. The quantitative estimate of drug-likeness (QED) is 0.938. The van der Waals surface area contributed by atoms with E-state index >= 15 is 0 Å². The van der Waals surface area contributed by atoms with Crippen molar-refractivity contribution in [1.29, 1.82) is 0 Å². The summed E-state index contributed by atoms with van der Waals surface area (Å²) >= 11 is 0. The number of aromatic nitrogens is 1. The number of alkyl halides is 3. The number of hydrogen-bond donors (Lipinski definition) is 1. The van der Waals surface area contributed by atoms with E-state index in [1.54, 1.807) is 18.2 Å². The molecule has 0 spiro atoms. The van der Waals surface area contributed by atoms with Gasteiger partial charge in [-0.25, -0.2) is 0 Å². The Morgan fingerprint density at radius 1 is 1.15 bits per heavy atom. The van der Waals surface area contributed by atoms with Gasteiger partial charge in [-0.05, 0) is 11.6 Å². The van der Waals surface area contributed by atoms with Crippen molar-refractivity contribution in [2.45, 2.75) is 12.6 Å². The van der Waals surface area contributed by atoms with Crippen LogP contribution in [0, 0.1) is 0 Å². The van der Waals surface area contributed by atoms with Crippen molar-refractivity contribution in [2.75, 3.05) is 0 Å². The first kappa shape index (κ1) is 14.0. The predicted molar refractivity (Wildman–Crippen MR) is 66.0 cm³/mol. The molecular formula is C14H10F3NO2. The highest BCUT2D eigenvalue weighted by Crippen LogP contribution is 2.38. The second kappa shape index (κ2) is 5.32. The number of carboxylic acids is 1. The molecule has 0 amide bonds. The number of carbonyl (C=O) groups is 1. The fourth-order valence-electron chi connectivity index (χ4n) is 1.95. The Hall–Kier alpha value is -2.37. The largest absolute Gasteiger partial charge is 0.481 e. The lowest BCUT2D eigenvalue weighted by atomic mass is 9.96. The van der Waals surface area contributed by atoms with Gasteiger partial charge in [0.25, 0.3) is 0 Å². The third-order valence-electron chi connectivity index (χ3n) is 2.72. The minimum atomic E-state index is -4.57. The Bertz CT molecular complexity index is 624. The normalized spacial score (nSPS) is 11.3. The molecule has 0 aliphatic heterocycles. The molecule has 1 aromatic carbocycles. The van der Waals surface area contributed by atoms with E-state index in [1.807, 2.05) is 0 Å². The lowest BCUT2D eigenvalue weighted by molar-refractivity contribution is -0.138. The molecule has 2 rings (SSSR count). The zero-order valence-corrected chi connectivity index (χ0v) is 10.2. The number of carboxylic acid groups (broad SMARTS) is 1. The van der Waals surface area contributed by atoms with E-state index in [4.69, 9.17) is 5.11 Å². The zero-order chi connectivity index (χ0) is 14.8. The molecule has 104 valence electrons. The maximum atomic E-state index is 13.1. The summed E-state index contributed by atoms with van der Waals surface area (Å²) in [5.74, 6) is -1.23. The van der Waals surface area contributed by atoms with Gasteiger partial charge in [-0.15, -0.1) is 0 Å². The molecule has 0 aliphatic rings. The van der Waals surface area contributed by atoms with E-state index in [0.29, 0.717) is 5.56 Å². The van der Waals surface area contributed by atoms with Crippen molar-refractivity contribution < 1.29 is 23.1 Å². The van der Waals surface area contributed by atoms with Crippen molar-refractivity contribution in [3.8, 4) is 11.1 Å². The number of benzene rings is 1. The molecule has 0 aliphatic carbocycles. The average Bonchev–Trinajstić information content (AvgIpc) is 2.38. The van der Waals surface area contributed by atoms with Crippen LogP contribution in [0.2, 0.25) is 0 Å². The number of pyridine rings is 1. The fraction of sp³-hybridized carbons (Fsp3) is 0.143.